The van der Waals surface area contributed by atoms with E-state index in [1.165, 1.54) is 0 Å². The zero-order valence-corrected chi connectivity index (χ0v) is 10.8. The molecule has 2 fully saturated rings. The average molecular weight is 260 g/mol. The fourth-order valence-corrected chi connectivity index (χ4v) is 0.904. The SMILES string of the molecule is CCC(=O)OCC1CO1.CCC(=O)OCC1CO1. The van der Waals surface area contributed by atoms with E-state index >= 15 is 0 Å². The molecule has 6 nitrogen and oxygen atoms in total. The van der Waals surface area contributed by atoms with E-state index in [0.29, 0.717) is 26.1 Å². The van der Waals surface area contributed by atoms with E-state index < -0.39 is 0 Å². The first kappa shape index (κ1) is 14.9. The van der Waals surface area contributed by atoms with E-state index in [4.69, 9.17) is 18.9 Å². The maximum Gasteiger partial charge on any atom is 0.305 e. The van der Waals surface area contributed by atoms with Crippen molar-refractivity contribution < 1.29 is 28.5 Å². The van der Waals surface area contributed by atoms with Gasteiger partial charge in [-0.05, 0) is 0 Å². The first-order chi connectivity index (χ1) is 8.65. The molecule has 0 aromatic rings. The lowest BCUT2D eigenvalue weighted by Gasteiger charge is -1.97. The van der Waals surface area contributed by atoms with Crippen molar-refractivity contribution in [2.75, 3.05) is 26.4 Å². The van der Waals surface area contributed by atoms with E-state index in [-0.39, 0.29) is 24.1 Å². The normalized spacial score (nSPS) is 23.4. The molecule has 6 heteroatoms. The van der Waals surface area contributed by atoms with E-state index in [1.54, 1.807) is 13.8 Å². The predicted molar refractivity (Wildman–Crippen MR) is 62.0 cm³/mol. The lowest BCUT2D eigenvalue weighted by atomic mass is 10.5. The Balaban J connectivity index is 0.000000180. The van der Waals surface area contributed by atoms with Gasteiger partial charge in [0.05, 0.1) is 13.2 Å². The van der Waals surface area contributed by atoms with Crippen LogP contribution >= 0.6 is 0 Å². The summed E-state index contributed by atoms with van der Waals surface area (Å²) >= 11 is 0. The largest absolute Gasteiger partial charge is 0.463 e. The molecule has 2 rings (SSSR count). The summed E-state index contributed by atoms with van der Waals surface area (Å²) in [5.74, 6) is -0.295. The maximum atomic E-state index is 10.5. The van der Waals surface area contributed by atoms with Crippen molar-refractivity contribution in [2.24, 2.45) is 0 Å². The minimum atomic E-state index is -0.148. The molecule has 0 bridgehead atoms. The van der Waals surface area contributed by atoms with Crippen LogP contribution in [0.3, 0.4) is 0 Å². The first-order valence-electron chi connectivity index (χ1n) is 6.20. The van der Waals surface area contributed by atoms with Gasteiger partial charge in [0.2, 0.25) is 0 Å². The van der Waals surface area contributed by atoms with Gasteiger partial charge in [0, 0.05) is 12.8 Å². The van der Waals surface area contributed by atoms with Crippen molar-refractivity contribution in [1.82, 2.24) is 0 Å². The summed E-state index contributed by atoms with van der Waals surface area (Å²) in [7, 11) is 0. The molecule has 0 aromatic carbocycles. The van der Waals surface area contributed by atoms with Crippen LogP contribution in [0.2, 0.25) is 0 Å². The maximum absolute atomic E-state index is 10.5. The quantitative estimate of drug-likeness (QED) is 0.516. The number of hydrogen-bond donors (Lipinski definition) is 0. The van der Waals surface area contributed by atoms with Crippen LogP contribution in [0.15, 0.2) is 0 Å². The fraction of sp³-hybridized carbons (Fsp3) is 0.833. The van der Waals surface area contributed by atoms with E-state index in [9.17, 15) is 9.59 Å². The molecule has 0 N–H and O–H groups in total. The van der Waals surface area contributed by atoms with Gasteiger partial charge in [-0.25, -0.2) is 0 Å². The van der Waals surface area contributed by atoms with E-state index in [1.807, 2.05) is 0 Å². The second kappa shape index (κ2) is 8.05. The highest BCUT2D eigenvalue weighted by atomic mass is 16.6. The Hall–Kier alpha value is -1.14. The van der Waals surface area contributed by atoms with Gasteiger partial charge in [-0.1, -0.05) is 13.8 Å². The number of rotatable bonds is 6. The van der Waals surface area contributed by atoms with Gasteiger partial charge in [0.1, 0.15) is 25.4 Å². The lowest BCUT2D eigenvalue weighted by Crippen LogP contribution is -2.07. The van der Waals surface area contributed by atoms with Crippen LogP contribution in [0.5, 0.6) is 0 Å². The zero-order valence-electron chi connectivity index (χ0n) is 10.8. The molecule has 0 aromatic heterocycles. The second-order valence-electron chi connectivity index (χ2n) is 3.98. The molecule has 2 atom stereocenters. The summed E-state index contributed by atoms with van der Waals surface area (Å²) in [6.07, 6.45) is 1.29. The van der Waals surface area contributed by atoms with Gasteiger partial charge in [-0.15, -0.1) is 0 Å². The predicted octanol–water partition coefficient (Wildman–Crippen LogP) is 0.677. The number of ether oxygens (including phenoxy) is 4. The Morgan fingerprint density at radius 1 is 0.944 bits per heavy atom. The van der Waals surface area contributed by atoms with Gasteiger partial charge in [0.15, 0.2) is 0 Å². The average Bonchev–Trinajstić information content (AvgIpc) is 3.27. The number of hydrogen-bond acceptors (Lipinski definition) is 6. The summed E-state index contributed by atoms with van der Waals surface area (Å²) in [4.78, 5) is 20.9. The van der Waals surface area contributed by atoms with Crippen LogP contribution in [0.1, 0.15) is 26.7 Å². The van der Waals surface area contributed by atoms with Crippen LogP contribution in [0.25, 0.3) is 0 Å². The molecule has 2 heterocycles. The molecule has 104 valence electrons. The summed E-state index contributed by atoms with van der Waals surface area (Å²) < 4.78 is 19.2. The van der Waals surface area contributed by atoms with Crippen molar-refractivity contribution in [2.45, 2.75) is 38.9 Å². The summed E-state index contributed by atoms with van der Waals surface area (Å²) in [6, 6.07) is 0. The summed E-state index contributed by atoms with van der Waals surface area (Å²) in [5.41, 5.74) is 0. The molecule has 2 unspecified atom stereocenters. The van der Waals surface area contributed by atoms with Crippen molar-refractivity contribution in [3.8, 4) is 0 Å². The standard InChI is InChI=1S/2C6H10O3/c2*1-2-6(7)9-4-5-3-8-5/h2*5H,2-4H2,1H3. The minimum Gasteiger partial charge on any atom is -0.463 e. The highest BCUT2D eigenvalue weighted by molar-refractivity contribution is 5.69. The van der Waals surface area contributed by atoms with Gasteiger partial charge in [0.25, 0.3) is 0 Å². The van der Waals surface area contributed by atoms with Crippen LogP contribution in [-0.4, -0.2) is 50.6 Å². The van der Waals surface area contributed by atoms with E-state index in [2.05, 4.69) is 0 Å². The van der Waals surface area contributed by atoms with Crippen LogP contribution < -0.4 is 0 Å². The Morgan fingerprint density at radius 3 is 1.50 bits per heavy atom. The van der Waals surface area contributed by atoms with Gasteiger partial charge in [-0.3, -0.25) is 9.59 Å². The molecule has 0 saturated carbocycles. The second-order valence-corrected chi connectivity index (χ2v) is 3.98. The Labute approximate surface area is 107 Å². The van der Waals surface area contributed by atoms with Crippen molar-refractivity contribution in [1.29, 1.82) is 0 Å². The molecular formula is C12H20O6. The topological polar surface area (TPSA) is 77.7 Å². The highest BCUT2D eigenvalue weighted by Gasteiger charge is 2.24. The molecular weight excluding hydrogens is 240 g/mol. The lowest BCUT2D eigenvalue weighted by molar-refractivity contribution is -0.144. The Morgan fingerprint density at radius 2 is 1.28 bits per heavy atom. The van der Waals surface area contributed by atoms with Crippen LogP contribution in [0, 0.1) is 0 Å². The van der Waals surface area contributed by atoms with Crippen LogP contribution in [-0.2, 0) is 28.5 Å². The number of epoxide rings is 2. The number of carbonyl (C=O) groups is 2. The van der Waals surface area contributed by atoms with Gasteiger partial charge in [-0.2, -0.15) is 0 Å². The highest BCUT2D eigenvalue weighted by Crippen LogP contribution is 2.09. The molecule has 18 heavy (non-hydrogen) atoms. The fourth-order valence-electron chi connectivity index (χ4n) is 0.904. The monoisotopic (exact) mass is 260 g/mol. The summed E-state index contributed by atoms with van der Waals surface area (Å²) in [5, 5.41) is 0. The molecule has 0 radical (unpaired) electrons. The third-order valence-corrected chi connectivity index (χ3v) is 2.24. The first-order valence-corrected chi connectivity index (χ1v) is 6.20. The van der Waals surface area contributed by atoms with Crippen molar-refractivity contribution in [3.05, 3.63) is 0 Å². The zero-order chi connectivity index (χ0) is 13.4. The number of carbonyl (C=O) groups excluding carboxylic acids is 2. The molecule has 0 amide bonds. The Bertz CT molecular complexity index is 242. The van der Waals surface area contributed by atoms with E-state index in [0.717, 1.165) is 13.2 Å². The smallest absolute Gasteiger partial charge is 0.305 e. The summed E-state index contributed by atoms with van der Waals surface area (Å²) in [6.45, 7) is 5.92. The third kappa shape index (κ3) is 8.03. The molecule has 0 spiro atoms. The minimum absolute atomic E-state index is 0.148. The van der Waals surface area contributed by atoms with Gasteiger partial charge < -0.3 is 18.9 Å². The Kier molecular flexibility index (Phi) is 6.67. The van der Waals surface area contributed by atoms with Crippen molar-refractivity contribution in [3.63, 3.8) is 0 Å². The number of esters is 2. The molecule has 0 aliphatic carbocycles. The van der Waals surface area contributed by atoms with Gasteiger partial charge >= 0.3 is 11.9 Å². The third-order valence-electron chi connectivity index (χ3n) is 2.24. The van der Waals surface area contributed by atoms with Crippen molar-refractivity contribution >= 4 is 11.9 Å². The molecule has 2 saturated heterocycles. The molecule has 2 aliphatic heterocycles. The van der Waals surface area contributed by atoms with Crippen LogP contribution in [0.4, 0.5) is 0 Å². The molecule has 2 aliphatic rings.